The van der Waals surface area contributed by atoms with Gasteiger partial charge >= 0.3 is 12.3 Å². The van der Waals surface area contributed by atoms with E-state index in [1.165, 1.54) is 11.1 Å². The monoisotopic (exact) mass is 536 g/mol. The Labute approximate surface area is 217 Å². The fourth-order valence-electron chi connectivity index (χ4n) is 5.70. The molecule has 0 aromatic carbocycles. The van der Waals surface area contributed by atoms with E-state index < -0.39 is 29.6 Å². The van der Waals surface area contributed by atoms with Crippen LogP contribution in [0.25, 0.3) is 0 Å². The lowest BCUT2D eigenvalue weighted by molar-refractivity contribution is -0.141. The van der Waals surface area contributed by atoms with E-state index in [0.717, 1.165) is 45.2 Å². The summed E-state index contributed by atoms with van der Waals surface area (Å²) >= 11 is 0. The van der Waals surface area contributed by atoms with Crippen LogP contribution in [0.3, 0.4) is 0 Å². The first kappa shape index (κ1) is 26.1. The maximum atomic E-state index is 13.7. The van der Waals surface area contributed by atoms with E-state index in [2.05, 4.69) is 20.2 Å². The number of carbonyl (C=O) groups is 2. The van der Waals surface area contributed by atoms with Gasteiger partial charge in [-0.25, -0.2) is 9.78 Å². The third-order valence-corrected chi connectivity index (χ3v) is 7.88. The van der Waals surface area contributed by atoms with Gasteiger partial charge in [-0.2, -0.15) is 18.2 Å². The number of nitrogens with one attached hydrogen (secondary N) is 1. The molecule has 13 heteroatoms. The molecular formula is C25H31F3N6O4. The standard InChI is InChI=1S/C25H31F3N6O4/c1-16-3-2-9-33(14-16)22-31-20(25(26,27)28)19(38-22)21(35)30-17-4-5-18(29-13-17)34-12-8-24(15-34)6-10-32(11-7-24)23(36)37/h4-5,13,16H,2-3,6-12,14-15H2,1H3,(H,30,35)(H,36,37). The Bertz CT molecular complexity index is 1180. The summed E-state index contributed by atoms with van der Waals surface area (Å²) in [6.07, 6.45) is -0.0251. The van der Waals surface area contributed by atoms with Gasteiger partial charge < -0.3 is 29.5 Å². The molecule has 3 saturated heterocycles. The number of alkyl halides is 3. The highest BCUT2D eigenvalue weighted by Crippen LogP contribution is 2.41. The second kappa shape index (κ2) is 9.99. The van der Waals surface area contributed by atoms with E-state index in [4.69, 9.17) is 4.42 Å². The molecule has 3 fully saturated rings. The number of hydrogen-bond donors (Lipinski definition) is 2. The quantitative estimate of drug-likeness (QED) is 0.585. The SMILES string of the molecule is CC1CCCN(c2nc(C(F)(F)F)c(C(=O)Nc3ccc(N4CCC5(CCN(C(=O)O)CC5)C4)nc3)o2)C1. The summed E-state index contributed by atoms with van der Waals surface area (Å²) in [6, 6.07) is 3.11. The van der Waals surface area contributed by atoms with Gasteiger partial charge in [0.2, 0.25) is 5.76 Å². The van der Waals surface area contributed by atoms with Crippen molar-refractivity contribution >= 4 is 29.5 Å². The zero-order valence-corrected chi connectivity index (χ0v) is 21.1. The van der Waals surface area contributed by atoms with Gasteiger partial charge in [-0.3, -0.25) is 4.79 Å². The summed E-state index contributed by atoms with van der Waals surface area (Å²) in [6.45, 7) is 5.60. The number of likely N-dealkylation sites (tertiary alicyclic amines) is 1. The van der Waals surface area contributed by atoms with Crippen molar-refractivity contribution in [3.63, 3.8) is 0 Å². The number of aromatic nitrogens is 2. The van der Waals surface area contributed by atoms with E-state index >= 15 is 0 Å². The molecule has 1 unspecified atom stereocenters. The fourth-order valence-corrected chi connectivity index (χ4v) is 5.70. The lowest BCUT2D eigenvalue weighted by atomic mass is 9.78. The molecule has 2 aromatic heterocycles. The van der Waals surface area contributed by atoms with Crippen molar-refractivity contribution in [3.05, 3.63) is 29.8 Å². The number of halogens is 3. The first-order chi connectivity index (χ1) is 18.0. The van der Waals surface area contributed by atoms with Crippen molar-refractivity contribution in [1.29, 1.82) is 0 Å². The molecule has 5 rings (SSSR count). The van der Waals surface area contributed by atoms with Gasteiger partial charge in [0.1, 0.15) is 5.82 Å². The zero-order chi connectivity index (χ0) is 27.1. The Balaban J connectivity index is 1.25. The third-order valence-electron chi connectivity index (χ3n) is 7.88. The molecule has 206 valence electrons. The molecule has 1 spiro atoms. The summed E-state index contributed by atoms with van der Waals surface area (Å²) in [5.41, 5.74) is -1.06. The van der Waals surface area contributed by atoms with Crippen molar-refractivity contribution in [1.82, 2.24) is 14.9 Å². The highest BCUT2D eigenvalue weighted by molar-refractivity contribution is 6.03. The lowest BCUT2D eigenvalue weighted by Gasteiger charge is -2.38. The van der Waals surface area contributed by atoms with Gasteiger partial charge in [0, 0.05) is 39.3 Å². The number of anilines is 3. The van der Waals surface area contributed by atoms with Gasteiger partial charge in [-0.15, -0.1) is 0 Å². The Morgan fingerprint density at radius 3 is 2.50 bits per heavy atom. The van der Waals surface area contributed by atoms with Crippen LogP contribution in [-0.4, -0.2) is 71.2 Å². The minimum Gasteiger partial charge on any atom is -0.465 e. The minimum absolute atomic E-state index is 0.0463. The average Bonchev–Trinajstić information content (AvgIpc) is 3.51. The summed E-state index contributed by atoms with van der Waals surface area (Å²) in [4.78, 5) is 37.3. The molecule has 2 aromatic rings. The van der Waals surface area contributed by atoms with Gasteiger partial charge in [0.15, 0.2) is 5.69 Å². The molecule has 5 heterocycles. The number of piperidine rings is 2. The molecule has 3 aliphatic rings. The van der Waals surface area contributed by atoms with Crippen molar-refractivity contribution in [2.24, 2.45) is 11.3 Å². The molecule has 38 heavy (non-hydrogen) atoms. The smallest absolute Gasteiger partial charge is 0.437 e. The number of nitrogens with zero attached hydrogens (tertiary/aromatic N) is 5. The van der Waals surface area contributed by atoms with E-state index in [1.54, 1.807) is 17.0 Å². The van der Waals surface area contributed by atoms with Crippen LogP contribution < -0.4 is 15.1 Å². The lowest BCUT2D eigenvalue weighted by Crippen LogP contribution is -2.43. The van der Waals surface area contributed by atoms with Crippen molar-refractivity contribution < 1.29 is 32.3 Å². The second-order valence-electron chi connectivity index (χ2n) is 10.7. The summed E-state index contributed by atoms with van der Waals surface area (Å²) in [7, 11) is 0. The molecule has 3 aliphatic heterocycles. The molecular weight excluding hydrogens is 505 g/mol. The van der Waals surface area contributed by atoms with E-state index in [1.807, 2.05) is 6.92 Å². The number of carbonyl (C=O) groups excluding carboxylic acids is 1. The van der Waals surface area contributed by atoms with Crippen molar-refractivity contribution in [3.8, 4) is 0 Å². The van der Waals surface area contributed by atoms with Crippen molar-refractivity contribution in [2.45, 2.75) is 45.2 Å². The van der Waals surface area contributed by atoms with Gasteiger partial charge in [0.25, 0.3) is 11.9 Å². The van der Waals surface area contributed by atoms with Crippen LogP contribution in [0.5, 0.6) is 0 Å². The van der Waals surface area contributed by atoms with Gasteiger partial charge in [-0.1, -0.05) is 6.92 Å². The highest BCUT2D eigenvalue weighted by atomic mass is 19.4. The molecule has 2 amide bonds. The van der Waals surface area contributed by atoms with E-state index in [-0.39, 0.29) is 23.0 Å². The van der Waals surface area contributed by atoms with Crippen LogP contribution in [0.4, 0.5) is 35.5 Å². The molecule has 0 radical (unpaired) electrons. The highest BCUT2D eigenvalue weighted by Gasteiger charge is 2.43. The third kappa shape index (κ3) is 5.37. The normalized spacial score (nSPS) is 21.7. The predicted octanol–water partition coefficient (Wildman–Crippen LogP) is 4.55. The van der Waals surface area contributed by atoms with Gasteiger partial charge in [0.05, 0.1) is 11.9 Å². The molecule has 0 bridgehead atoms. The van der Waals surface area contributed by atoms with Crippen LogP contribution in [0.1, 0.15) is 55.3 Å². The Kier molecular flexibility index (Phi) is 6.86. The number of oxazole rings is 1. The molecule has 1 atom stereocenters. The van der Waals surface area contributed by atoms with Crippen LogP contribution in [0.15, 0.2) is 22.7 Å². The first-order valence-electron chi connectivity index (χ1n) is 12.9. The van der Waals surface area contributed by atoms with Gasteiger partial charge in [-0.05, 0) is 55.6 Å². The first-order valence-corrected chi connectivity index (χ1v) is 12.9. The average molecular weight is 537 g/mol. The van der Waals surface area contributed by atoms with Crippen LogP contribution in [-0.2, 0) is 6.18 Å². The Hall–Kier alpha value is -3.51. The molecule has 0 aliphatic carbocycles. The molecule has 10 nitrogen and oxygen atoms in total. The topological polar surface area (TPSA) is 115 Å². The molecule has 2 N–H and O–H groups in total. The zero-order valence-electron chi connectivity index (χ0n) is 21.1. The van der Waals surface area contributed by atoms with Crippen LogP contribution in [0, 0.1) is 11.3 Å². The Morgan fingerprint density at radius 1 is 1.13 bits per heavy atom. The maximum absolute atomic E-state index is 13.7. The second-order valence-corrected chi connectivity index (χ2v) is 10.7. The number of pyridine rings is 1. The summed E-state index contributed by atoms with van der Waals surface area (Å²) in [5.74, 6) is -0.933. The Morgan fingerprint density at radius 2 is 1.87 bits per heavy atom. The largest absolute Gasteiger partial charge is 0.465 e. The predicted molar refractivity (Wildman–Crippen MR) is 132 cm³/mol. The van der Waals surface area contributed by atoms with Crippen molar-refractivity contribution in [2.75, 3.05) is 54.4 Å². The summed E-state index contributed by atoms with van der Waals surface area (Å²) < 4.78 is 46.4. The van der Waals surface area contributed by atoms with Crippen LogP contribution >= 0.6 is 0 Å². The molecule has 0 saturated carbocycles. The number of hydrogen-bond acceptors (Lipinski definition) is 7. The number of carboxylic acid groups (broad SMARTS) is 1. The summed E-state index contributed by atoms with van der Waals surface area (Å²) in [5, 5.41) is 11.6. The minimum atomic E-state index is -4.84. The number of rotatable bonds is 4. The fraction of sp³-hybridized carbons (Fsp3) is 0.600. The van der Waals surface area contributed by atoms with Crippen LogP contribution in [0.2, 0.25) is 0 Å². The maximum Gasteiger partial charge on any atom is 0.437 e. The van der Waals surface area contributed by atoms with E-state index in [0.29, 0.717) is 32.0 Å². The number of amides is 2. The van der Waals surface area contributed by atoms with E-state index in [9.17, 15) is 27.9 Å².